The summed E-state index contributed by atoms with van der Waals surface area (Å²) >= 11 is 0. The lowest BCUT2D eigenvalue weighted by Gasteiger charge is -2.26. The fourth-order valence-corrected chi connectivity index (χ4v) is 5.34. The van der Waals surface area contributed by atoms with Crippen LogP contribution in [-0.2, 0) is 14.8 Å². The summed E-state index contributed by atoms with van der Waals surface area (Å²) in [6.45, 7) is 0.993. The summed E-state index contributed by atoms with van der Waals surface area (Å²) in [6.07, 6.45) is 6.85. The highest BCUT2D eigenvalue weighted by Gasteiger charge is 2.29. The van der Waals surface area contributed by atoms with E-state index in [1.807, 2.05) is 0 Å². The first-order valence-corrected chi connectivity index (χ1v) is 12.0. The maximum absolute atomic E-state index is 13.2. The van der Waals surface area contributed by atoms with Crippen LogP contribution in [0.5, 0.6) is 5.75 Å². The zero-order valence-corrected chi connectivity index (χ0v) is 18.9. The number of nitrogens with one attached hydrogen (secondary N) is 1. The molecule has 0 unspecified atom stereocenters. The summed E-state index contributed by atoms with van der Waals surface area (Å²) in [5, 5.41) is 10.3. The van der Waals surface area contributed by atoms with Gasteiger partial charge in [0.2, 0.25) is 28.2 Å². The minimum atomic E-state index is -3.69. The molecule has 3 aromatic rings. The van der Waals surface area contributed by atoms with E-state index >= 15 is 0 Å². The fraction of sp³-hybridized carbons (Fsp3) is 0.261. The minimum absolute atomic E-state index is 0.0988. The Morgan fingerprint density at radius 2 is 1.97 bits per heavy atom. The van der Waals surface area contributed by atoms with Crippen LogP contribution in [0.3, 0.4) is 0 Å². The molecule has 1 fully saturated rings. The molecule has 0 saturated carbocycles. The standard InChI is InChI=1S/C23H24N4O5S/c1-31-20-10-8-17(14-21(20)33(29,30)27-12-3-2-4-13-27)9-11-22(28)25-19-7-5-6-18(15-19)23-26-24-16-32-23/h5-11,14-16H,2-4,12-13H2,1H3,(H,25,28)/b11-9+. The van der Waals surface area contributed by atoms with E-state index in [4.69, 9.17) is 9.15 Å². The Balaban J connectivity index is 1.51. The molecule has 172 valence electrons. The van der Waals surface area contributed by atoms with Gasteiger partial charge in [0.05, 0.1) is 7.11 Å². The number of anilines is 1. The number of amides is 1. The number of methoxy groups -OCH3 is 1. The molecule has 2 heterocycles. The Labute approximate surface area is 192 Å². The second kappa shape index (κ2) is 9.97. The molecule has 4 rings (SSSR count). The number of aromatic nitrogens is 2. The van der Waals surface area contributed by atoms with Gasteiger partial charge in [-0.15, -0.1) is 10.2 Å². The van der Waals surface area contributed by atoms with E-state index in [9.17, 15) is 13.2 Å². The SMILES string of the molecule is COc1ccc(/C=C/C(=O)Nc2cccc(-c3nnco3)c2)cc1S(=O)(=O)N1CCCCC1. The third-order valence-corrected chi connectivity index (χ3v) is 7.20. The van der Waals surface area contributed by atoms with Crippen LogP contribution in [0.4, 0.5) is 5.69 Å². The number of hydrogen-bond donors (Lipinski definition) is 1. The van der Waals surface area contributed by atoms with Gasteiger partial charge in [0.1, 0.15) is 10.6 Å². The van der Waals surface area contributed by atoms with Gasteiger partial charge < -0.3 is 14.5 Å². The molecule has 1 amide bonds. The van der Waals surface area contributed by atoms with Crippen molar-refractivity contribution in [2.45, 2.75) is 24.2 Å². The number of carbonyl (C=O) groups is 1. The zero-order chi connectivity index (χ0) is 23.3. The van der Waals surface area contributed by atoms with E-state index in [1.165, 1.54) is 30.0 Å². The molecule has 0 radical (unpaired) electrons. The van der Waals surface area contributed by atoms with Crippen LogP contribution >= 0.6 is 0 Å². The van der Waals surface area contributed by atoms with Gasteiger partial charge in [-0.3, -0.25) is 4.79 Å². The number of sulfonamides is 1. The normalized spacial score (nSPS) is 14.9. The second-order valence-electron chi connectivity index (χ2n) is 7.52. The van der Waals surface area contributed by atoms with Crippen molar-refractivity contribution in [2.75, 3.05) is 25.5 Å². The van der Waals surface area contributed by atoms with Crippen LogP contribution in [0.25, 0.3) is 17.5 Å². The predicted molar refractivity (Wildman–Crippen MR) is 123 cm³/mol. The molecule has 1 saturated heterocycles. The monoisotopic (exact) mass is 468 g/mol. The van der Waals surface area contributed by atoms with Crippen LogP contribution in [0, 0.1) is 0 Å². The molecule has 0 aliphatic carbocycles. The average molecular weight is 469 g/mol. The first kappa shape index (κ1) is 22.7. The smallest absolute Gasteiger partial charge is 0.248 e. The maximum atomic E-state index is 13.2. The first-order chi connectivity index (χ1) is 16.0. The molecule has 10 heteroatoms. The van der Waals surface area contributed by atoms with Crippen molar-refractivity contribution in [3.8, 4) is 17.2 Å². The summed E-state index contributed by atoms with van der Waals surface area (Å²) in [4.78, 5) is 12.5. The third-order valence-electron chi connectivity index (χ3n) is 5.28. The fourth-order valence-electron chi connectivity index (χ4n) is 3.63. The third kappa shape index (κ3) is 5.29. The van der Waals surface area contributed by atoms with Gasteiger partial charge in [0.15, 0.2) is 0 Å². The molecule has 0 spiro atoms. The second-order valence-corrected chi connectivity index (χ2v) is 9.43. The number of piperidine rings is 1. The summed E-state index contributed by atoms with van der Waals surface area (Å²) < 4.78 is 38.3. The lowest BCUT2D eigenvalue weighted by Crippen LogP contribution is -2.35. The molecule has 9 nitrogen and oxygen atoms in total. The van der Waals surface area contributed by atoms with Crippen molar-refractivity contribution in [1.29, 1.82) is 0 Å². The number of carbonyl (C=O) groups excluding carboxylic acids is 1. The molecule has 0 bridgehead atoms. The van der Waals surface area contributed by atoms with Crippen molar-refractivity contribution in [3.05, 3.63) is 60.5 Å². The lowest BCUT2D eigenvalue weighted by atomic mass is 10.2. The summed E-state index contributed by atoms with van der Waals surface area (Å²) in [6, 6.07) is 11.8. The zero-order valence-electron chi connectivity index (χ0n) is 18.1. The molecular formula is C23H24N4O5S. The van der Waals surface area contributed by atoms with Crippen LogP contribution < -0.4 is 10.1 Å². The lowest BCUT2D eigenvalue weighted by molar-refractivity contribution is -0.111. The molecule has 33 heavy (non-hydrogen) atoms. The first-order valence-electron chi connectivity index (χ1n) is 10.5. The van der Waals surface area contributed by atoms with Gasteiger partial charge in [-0.05, 0) is 54.8 Å². The Morgan fingerprint density at radius 1 is 1.15 bits per heavy atom. The van der Waals surface area contributed by atoms with Gasteiger partial charge in [0.25, 0.3) is 0 Å². The van der Waals surface area contributed by atoms with E-state index in [2.05, 4.69) is 15.5 Å². The van der Waals surface area contributed by atoms with Crippen molar-refractivity contribution in [2.24, 2.45) is 0 Å². The Morgan fingerprint density at radius 3 is 2.70 bits per heavy atom. The molecular weight excluding hydrogens is 444 g/mol. The highest BCUT2D eigenvalue weighted by atomic mass is 32.2. The van der Waals surface area contributed by atoms with Crippen LogP contribution in [0.2, 0.25) is 0 Å². The van der Waals surface area contributed by atoms with E-state index in [-0.39, 0.29) is 16.6 Å². The van der Waals surface area contributed by atoms with E-state index < -0.39 is 10.0 Å². The van der Waals surface area contributed by atoms with Crippen molar-refractivity contribution >= 4 is 27.7 Å². The summed E-state index contributed by atoms with van der Waals surface area (Å²) in [5.41, 5.74) is 1.81. The molecule has 1 aliphatic rings. The summed E-state index contributed by atoms with van der Waals surface area (Å²) in [7, 11) is -2.25. The highest BCUT2D eigenvalue weighted by Crippen LogP contribution is 2.30. The Hall–Kier alpha value is -3.50. The highest BCUT2D eigenvalue weighted by molar-refractivity contribution is 7.89. The van der Waals surface area contributed by atoms with Crippen LogP contribution in [-0.4, -0.2) is 49.0 Å². The number of rotatable bonds is 7. The van der Waals surface area contributed by atoms with E-state index in [0.29, 0.717) is 35.8 Å². The average Bonchev–Trinajstić information content (AvgIpc) is 3.38. The Kier molecular flexibility index (Phi) is 6.85. The number of benzene rings is 2. The van der Waals surface area contributed by atoms with Gasteiger partial charge in [0, 0.05) is 30.4 Å². The molecule has 0 atom stereocenters. The van der Waals surface area contributed by atoms with Crippen LogP contribution in [0.1, 0.15) is 24.8 Å². The van der Waals surface area contributed by atoms with Crippen molar-refractivity contribution in [1.82, 2.24) is 14.5 Å². The number of ether oxygens (including phenoxy) is 1. The minimum Gasteiger partial charge on any atom is -0.495 e. The van der Waals surface area contributed by atoms with Gasteiger partial charge in [-0.2, -0.15) is 4.31 Å². The predicted octanol–water partition coefficient (Wildman–Crippen LogP) is 3.57. The number of nitrogens with zero attached hydrogens (tertiary/aromatic N) is 3. The van der Waals surface area contributed by atoms with E-state index in [0.717, 1.165) is 19.3 Å². The number of hydrogen-bond acceptors (Lipinski definition) is 7. The van der Waals surface area contributed by atoms with Gasteiger partial charge in [-0.1, -0.05) is 18.6 Å². The van der Waals surface area contributed by atoms with Crippen LogP contribution in [0.15, 0.2) is 64.2 Å². The Bertz CT molecular complexity index is 1250. The van der Waals surface area contributed by atoms with Gasteiger partial charge >= 0.3 is 0 Å². The van der Waals surface area contributed by atoms with E-state index in [1.54, 1.807) is 42.5 Å². The largest absolute Gasteiger partial charge is 0.495 e. The van der Waals surface area contributed by atoms with Gasteiger partial charge in [-0.25, -0.2) is 8.42 Å². The topological polar surface area (TPSA) is 115 Å². The van der Waals surface area contributed by atoms with Crippen molar-refractivity contribution in [3.63, 3.8) is 0 Å². The molecule has 1 aliphatic heterocycles. The molecule has 1 aromatic heterocycles. The quantitative estimate of drug-likeness (QED) is 0.527. The van der Waals surface area contributed by atoms with Crippen molar-refractivity contribution < 1.29 is 22.4 Å². The summed E-state index contributed by atoms with van der Waals surface area (Å²) in [5.74, 6) is 0.260. The molecule has 2 aromatic carbocycles. The molecule has 1 N–H and O–H groups in total. The maximum Gasteiger partial charge on any atom is 0.248 e.